The molecule has 3 atom stereocenters. The molecule has 304 valence electrons. The Balaban J connectivity index is 0.847. The van der Waals surface area contributed by atoms with Crippen molar-refractivity contribution >= 4 is 81.9 Å². The Labute approximate surface area is 356 Å². The highest BCUT2D eigenvalue weighted by molar-refractivity contribution is 7.70. The van der Waals surface area contributed by atoms with Gasteiger partial charge in [0, 0.05) is 58.3 Å². The van der Waals surface area contributed by atoms with Crippen LogP contribution in [0.15, 0.2) is 110 Å². The molecule has 8 heterocycles. The summed E-state index contributed by atoms with van der Waals surface area (Å²) in [5.74, 6) is 0. The molecule has 0 saturated heterocycles. The number of alkyl halides is 2. The zero-order valence-corrected chi connectivity index (χ0v) is 35.9. The molecular weight excluding hydrogens is 855 g/mol. The summed E-state index contributed by atoms with van der Waals surface area (Å²) in [4.78, 5) is 27.7. The van der Waals surface area contributed by atoms with Crippen molar-refractivity contribution in [1.29, 1.82) is 0 Å². The van der Waals surface area contributed by atoms with E-state index in [-0.39, 0.29) is 12.4 Å². The first-order valence-electron chi connectivity index (χ1n) is 18.9. The van der Waals surface area contributed by atoms with Crippen LogP contribution in [0, 0.1) is 0 Å². The predicted octanol–water partition coefficient (Wildman–Crippen LogP) is 7.45. The highest BCUT2D eigenvalue weighted by Gasteiger charge is 2.24. The van der Waals surface area contributed by atoms with Gasteiger partial charge in [0.2, 0.25) is 11.3 Å². The smallest absolute Gasteiger partial charge is 0.221 e. The third-order valence-electron chi connectivity index (χ3n) is 10.1. The number of benzene rings is 2. The minimum Gasteiger partial charge on any atom is -0.322 e. The average molecular weight is 889 g/mol. The van der Waals surface area contributed by atoms with Crippen LogP contribution in [0.5, 0.6) is 0 Å². The van der Waals surface area contributed by atoms with Gasteiger partial charge < -0.3 is 13.5 Å². The summed E-state index contributed by atoms with van der Waals surface area (Å²) in [5.41, 5.74) is 6.28. The lowest BCUT2D eigenvalue weighted by Crippen LogP contribution is -2.08. The standard InChI is InChI=1S/C40H33Cl2N15O2P2/c1-60(2,58)30-8-4-6-25(15-30)32-17-44-37-39(48-32)57(53-51-37)36(42)27-10-12-34-47-29(21-54(34)19-27)22-61(3,59)23-55-20-28(16-46-55)33-18-45-38-40(49-33)56(52-50-38)35(41)26-9-11-31-24(14-26)7-5-13-43-31/h4-21,35-36H,22-23H2,1-3H3. The average Bonchev–Trinajstić information content (AvgIpc) is 4.07. The summed E-state index contributed by atoms with van der Waals surface area (Å²) in [7, 11) is -5.33. The zero-order valence-electron chi connectivity index (χ0n) is 32.6. The van der Waals surface area contributed by atoms with E-state index >= 15 is 0 Å². The molecule has 0 spiro atoms. The molecule has 0 aliphatic rings. The molecule has 17 nitrogen and oxygen atoms in total. The Hall–Kier alpha value is -6.25. The second-order valence-corrected chi connectivity index (χ2v) is 22.5. The van der Waals surface area contributed by atoms with Gasteiger partial charge in [-0.2, -0.15) is 5.10 Å². The number of pyridine rings is 2. The Morgan fingerprint density at radius 2 is 1.39 bits per heavy atom. The molecule has 0 amide bonds. The summed E-state index contributed by atoms with van der Waals surface area (Å²) in [6.07, 6.45) is 12.5. The van der Waals surface area contributed by atoms with Crippen LogP contribution in [-0.4, -0.2) is 94.1 Å². The number of hydrogen-bond donors (Lipinski definition) is 0. The number of imidazole rings is 1. The van der Waals surface area contributed by atoms with Gasteiger partial charge in [-0.05, 0) is 55.9 Å². The van der Waals surface area contributed by atoms with E-state index in [4.69, 9.17) is 38.2 Å². The molecular formula is C40H33Cl2N15O2P2. The number of aromatic nitrogens is 15. The Morgan fingerprint density at radius 3 is 2.13 bits per heavy atom. The fourth-order valence-corrected chi connectivity index (χ4v) is 10.2. The molecule has 0 N–H and O–H groups in total. The first-order valence-corrected chi connectivity index (χ1v) is 24.9. The van der Waals surface area contributed by atoms with Gasteiger partial charge in [-0.15, -0.1) is 10.2 Å². The van der Waals surface area contributed by atoms with E-state index in [2.05, 4.69) is 40.7 Å². The van der Waals surface area contributed by atoms with E-state index in [1.54, 1.807) is 55.7 Å². The number of halogens is 2. The van der Waals surface area contributed by atoms with Gasteiger partial charge in [-0.1, -0.05) is 70.0 Å². The van der Waals surface area contributed by atoms with Crippen LogP contribution in [0.3, 0.4) is 0 Å². The van der Waals surface area contributed by atoms with Crippen molar-refractivity contribution in [3.63, 3.8) is 0 Å². The molecule has 10 rings (SSSR count). The van der Waals surface area contributed by atoms with Crippen molar-refractivity contribution in [3.8, 4) is 22.5 Å². The summed E-state index contributed by atoms with van der Waals surface area (Å²) >= 11 is 13.9. The third kappa shape index (κ3) is 7.59. The fourth-order valence-electron chi connectivity index (χ4n) is 7.12. The number of rotatable bonds is 11. The molecule has 61 heavy (non-hydrogen) atoms. The zero-order chi connectivity index (χ0) is 42.0. The summed E-state index contributed by atoms with van der Waals surface area (Å²) in [6, 6.07) is 20.8. The predicted molar refractivity (Wildman–Crippen MR) is 234 cm³/mol. The normalized spacial score (nSPS) is 14.2. The number of hydrogen-bond acceptors (Lipinski definition) is 13. The van der Waals surface area contributed by atoms with Gasteiger partial charge in [0.1, 0.15) is 19.9 Å². The van der Waals surface area contributed by atoms with Gasteiger partial charge in [0.25, 0.3) is 0 Å². The molecule has 8 aromatic heterocycles. The monoisotopic (exact) mass is 887 g/mol. The minimum atomic E-state index is -2.85. The largest absolute Gasteiger partial charge is 0.322 e. The molecule has 0 radical (unpaired) electrons. The van der Waals surface area contributed by atoms with E-state index in [1.165, 1.54) is 9.36 Å². The maximum Gasteiger partial charge on any atom is 0.221 e. The minimum absolute atomic E-state index is 0.175. The van der Waals surface area contributed by atoms with Crippen LogP contribution in [0.25, 0.3) is 61.7 Å². The quantitative estimate of drug-likeness (QED) is 0.0919. The summed E-state index contributed by atoms with van der Waals surface area (Å²) in [6.45, 7) is 5.20. The summed E-state index contributed by atoms with van der Waals surface area (Å²) < 4.78 is 33.3. The highest BCUT2D eigenvalue weighted by Crippen LogP contribution is 2.46. The summed E-state index contributed by atoms with van der Waals surface area (Å²) in [5, 5.41) is 23.1. The van der Waals surface area contributed by atoms with Crippen LogP contribution < -0.4 is 5.30 Å². The van der Waals surface area contributed by atoms with Crippen LogP contribution in [-0.2, 0) is 21.6 Å². The second kappa shape index (κ2) is 15.0. The van der Waals surface area contributed by atoms with E-state index in [9.17, 15) is 9.13 Å². The SMILES string of the molecule is CP(=O)(Cc1cn2cc(C(Cl)n3nnc4ncc(-c5cccc(P(C)(C)=O)c5)nc43)ccc2n1)Cn1cc(-c2cnc3nnn(C(Cl)c4ccc5ncccc5c4)c3n2)cn1. The van der Waals surface area contributed by atoms with Crippen LogP contribution >= 0.6 is 37.5 Å². The van der Waals surface area contributed by atoms with Gasteiger partial charge in [0.15, 0.2) is 22.3 Å². The van der Waals surface area contributed by atoms with Crippen molar-refractivity contribution in [2.75, 3.05) is 20.0 Å². The maximum absolute atomic E-state index is 14.1. The van der Waals surface area contributed by atoms with E-state index in [0.717, 1.165) is 27.3 Å². The second-order valence-electron chi connectivity index (χ2n) is 15.2. The van der Waals surface area contributed by atoms with E-state index < -0.39 is 25.3 Å². The first-order chi connectivity index (χ1) is 29.3. The number of fused-ring (bicyclic) bond motifs is 4. The number of nitrogens with zero attached hydrogens (tertiary/aromatic N) is 15. The fraction of sp³-hybridized carbons (Fsp3) is 0.175. The van der Waals surface area contributed by atoms with Crippen molar-refractivity contribution in [1.82, 2.24) is 74.1 Å². The highest BCUT2D eigenvalue weighted by atomic mass is 35.5. The Morgan fingerprint density at radius 1 is 0.689 bits per heavy atom. The van der Waals surface area contributed by atoms with E-state index in [1.807, 2.05) is 83.5 Å². The van der Waals surface area contributed by atoms with E-state index in [0.29, 0.717) is 56.4 Å². The molecule has 0 saturated carbocycles. The van der Waals surface area contributed by atoms with Crippen molar-refractivity contribution in [3.05, 3.63) is 127 Å². The van der Waals surface area contributed by atoms with Crippen LogP contribution in [0.4, 0.5) is 0 Å². The van der Waals surface area contributed by atoms with Gasteiger partial charge >= 0.3 is 0 Å². The van der Waals surface area contributed by atoms with Crippen molar-refractivity contribution in [2.45, 2.75) is 23.4 Å². The Bertz CT molecular complexity index is 3410. The Kier molecular flexibility index (Phi) is 9.59. The van der Waals surface area contributed by atoms with Gasteiger partial charge in [-0.25, -0.2) is 34.3 Å². The van der Waals surface area contributed by atoms with Crippen molar-refractivity contribution < 1.29 is 9.13 Å². The molecule has 0 fully saturated rings. The third-order valence-corrected chi connectivity index (χ3v) is 14.4. The molecule has 10 aromatic rings. The first kappa shape index (κ1) is 38.9. The molecule has 0 aliphatic carbocycles. The maximum atomic E-state index is 14.1. The van der Waals surface area contributed by atoms with Crippen molar-refractivity contribution in [2.24, 2.45) is 0 Å². The lowest BCUT2D eigenvalue weighted by Gasteiger charge is -2.12. The molecule has 2 aromatic carbocycles. The molecule has 0 aliphatic heterocycles. The topological polar surface area (TPSA) is 195 Å². The molecule has 3 unspecified atom stereocenters. The van der Waals surface area contributed by atoms with Crippen LogP contribution in [0.1, 0.15) is 27.8 Å². The van der Waals surface area contributed by atoms with Crippen LogP contribution in [0.2, 0.25) is 0 Å². The molecule has 21 heteroatoms. The molecule has 0 bridgehead atoms. The lowest BCUT2D eigenvalue weighted by molar-refractivity contribution is 0.563. The van der Waals surface area contributed by atoms with Gasteiger partial charge in [0.05, 0.1) is 47.5 Å². The van der Waals surface area contributed by atoms with Gasteiger partial charge in [-0.3, -0.25) is 9.67 Å². The lowest BCUT2D eigenvalue weighted by atomic mass is 10.1.